The van der Waals surface area contributed by atoms with Crippen molar-refractivity contribution in [1.29, 1.82) is 0 Å². The molecule has 4 rings (SSSR count). The smallest absolute Gasteiger partial charge is 0.428 e. The van der Waals surface area contributed by atoms with E-state index in [0.717, 1.165) is 13.2 Å². The highest BCUT2D eigenvalue weighted by Crippen LogP contribution is 2.64. The van der Waals surface area contributed by atoms with E-state index in [1.807, 2.05) is 0 Å². The molecule has 1 aliphatic rings. The van der Waals surface area contributed by atoms with Crippen LogP contribution in [-0.4, -0.2) is 42.7 Å². The lowest BCUT2D eigenvalue weighted by Crippen LogP contribution is -2.63. The molecule has 0 aliphatic carbocycles. The fraction of sp³-hybridized carbons (Fsp3) is 0.316. The number of ether oxygens (including phenoxy) is 2. The van der Waals surface area contributed by atoms with Crippen molar-refractivity contribution in [2.45, 2.75) is 29.7 Å². The zero-order valence-electron chi connectivity index (χ0n) is 16.0. The number of rotatable bonds is 4. The van der Waals surface area contributed by atoms with E-state index in [0.29, 0.717) is 16.4 Å². The van der Waals surface area contributed by atoms with Crippen LogP contribution in [0.4, 0.5) is 45.2 Å². The zero-order valence-corrected chi connectivity index (χ0v) is 16.0. The third-order valence-corrected chi connectivity index (χ3v) is 5.07. The number of carbonyl (C=O) groups excluding carboxylic acids is 1. The van der Waals surface area contributed by atoms with Gasteiger partial charge in [0.1, 0.15) is 16.9 Å². The number of carbonyl (C=O) groups is 1. The molecule has 1 atom stereocenters. The van der Waals surface area contributed by atoms with Gasteiger partial charge in [0.05, 0.1) is 12.8 Å². The summed E-state index contributed by atoms with van der Waals surface area (Å²) in [5.41, 5.74) is -0.377. The van der Waals surface area contributed by atoms with Gasteiger partial charge in [-0.3, -0.25) is 9.53 Å². The van der Waals surface area contributed by atoms with E-state index in [4.69, 9.17) is 9.15 Å². The second kappa shape index (κ2) is 6.68. The molecule has 1 N–H and O–H groups in total. The standard InChI is InChI=1S/C19H10F9NO4/c1-31-13-6-9-8-4-2-3-5-11(8)32-12(9)7-10(13)29-14(30)15(20,21)18(26)16(22,23)17(24,25)19(27,28)33-18/h2-7H,1H3,(H,29,30). The molecule has 14 heteroatoms. The molecular weight excluding hydrogens is 477 g/mol. The van der Waals surface area contributed by atoms with Crippen LogP contribution in [0.15, 0.2) is 40.8 Å². The Morgan fingerprint density at radius 3 is 2.15 bits per heavy atom. The predicted octanol–water partition coefficient (Wildman–Crippen LogP) is 5.73. The largest absolute Gasteiger partial charge is 0.495 e. The molecule has 1 aromatic heterocycles. The Bertz CT molecular complexity index is 1270. The molecule has 0 radical (unpaired) electrons. The lowest BCUT2D eigenvalue weighted by atomic mass is 9.99. The zero-order chi connectivity index (χ0) is 24.6. The minimum absolute atomic E-state index is 0.0221. The van der Waals surface area contributed by atoms with E-state index >= 15 is 0 Å². The minimum atomic E-state index is -6.78. The molecule has 0 saturated carbocycles. The summed E-state index contributed by atoms with van der Waals surface area (Å²) < 4.78 is 136. The van der Waals surface area contributed by atoms with Gasteiger partial charge < -0.3 is 14.5 Å². The van der Waals surface area contributed by atoms with Gasteiger partial charge in [-0.05, 0) is 12.1 Å². The second-order valence-corrected chi connectivity index (χ2v) is 7.04. The summed E-state index contributed by atoms with van der Waals surface area (Å²) in [6, 6.07) is 8.53. The van der Waals surface area contributed by atoms with Crippen molar-refractivity contribution in [3.63, 3.8) is 0 Å². The summed E-state index contributed by atoms with van der Waals surface area (Å²) >= 11 is 0. The van der Waals surface area contributed by atoms with Crippen LogP contribution < -0.4 is 10.1 Å². The number of amides is 1. The third-order valence-electron chi connectivity index (χ3n) is 5.07. The highest BCUT2D eigenvalue weighted by atomic mass is 19.4. The number of benzene rings is 2. The Balaban J connectivity index is 1.75. The van der Waals surface area contributed by atoms with Gasteiger partial charge in [-0.15, -0.1) is 0 Å². The third kappa shape index (κ3) is 2.82. The van der Waals surface area contributed by atoms with Crippen LogP contribution in [0.5, 0.6) is 5.75 Å². The van der Waals surface area contributed by atoms with Crippen LogP contribution in [0, 0.1) is 0 Å². The summed E-state index contributed by atoms with van der Waals surface area (Å²) in [4.78, 5) is 12.0. The molecule has 1 amide bonds. The molecule has 3 aromatic rings. The summed E-state index contributed by atoms with van der Waals surface area (Å²) in [5.74, 6) is -29.4. The molecule has 1 saturated heterocycles. The first-order valence-electron chi connectivity index (χ1n) is 8.82. The van der Waals surface area contributed by atoms with Crippen LogP contribution >= 0.6 is 0 Å². The first-order valence-corrected chi connectivity index (χ1v) is 8.82. The number of hydrogen-bond acceptors (Lipinski definition) is 4. The SMILES string of the molecule is COc1cc2c(cc1NC(=O)C(F)(F)C1(F)OC(F)(F)C(F)(F)C1(F)F)oc1ccccc12. The molecule has 1 fully saturated rings. The number of halogens is 9. The van der Waals surface area contributed by atoms with Crippen LogP contribution in [0.1, 0.15) is 0 Å². The lowest BCUT2D eigenvalue weighted by molar-refractivity contribution is -0.366. The van der Waals surface area contributed by atoms with Gasteiger partial charge in [-0.1, -0.05) is 18.2 Å². The Labute approximate surface area is 177 Å². The van der Waals surface area contributed by atoms with Gasteiger partial charge in [-0.25, -0.2) is 0 Å². The quantitative estimate of drug-likeness (QED) is 0.478. The van der Waals surface area contributed by atoms with E-state index in [9.17, 15) is 44.3 Å². The Morgan fingerprint density at radius 1 is 0.939 bits per heavy atom. The number of hydrogen-bond donors (Lipinski definition) is 1. The maximum atomic E-state index is 14.4. The van der Waals surface area contributed by atoms with E-state index in [-0.39, 0.29) is 11.3 Å². The second-order valence-electron chi connectivity index (χ2n) is 7.04. The van der Waals surface area contributed by atoms with Crippen LogP contribution in [-0.2, 0) is 9.53 Å². The van der Waals surface area contributed by atoms with Crippen LogP contribution in [0.25, 0.3) is 21.9 Å². The topological polar surface area (TPSA) is 60.7 Å². The maximum Gasteiger partial charge on any atom is 0.428 e. The lowest BCUT2D eigenvalue weighted by Gasteiger charge is -2.31. The van der Waals surface area contributed by atoms with E-state index < -0.39 is 41.3 Å². The number of methoxy groups -OCH3 is 1. The fourth-order valence-electron chi connectivity index (χ4n) is 3.32. The van der Waals surface area contributed by atoms with Gasteiger partial charge in [0, 0.05) is 16.8 Å². The molecule has 1 unspecified atom stereocenters. The molecule has 1 aliphatic heterocycles. The van der Waals surface area contributed by atoms with Gasteiger partial charge in [0.15, 0.2) is 0 Å². The molecule has 2 heterocycles. The van der Waals surface area contributed by atoms with Gasteiger partial charge in [-0.2, -0.15) is 39.5 Å². The summed E-state index contributed by atoms with van der Waals surface area (Å²) in [6.07, 6.45) is -6.33. The van der Waals surface area contributed by atoms with Crippen LogP contribution in [0.2, 0.25) is 0 Å². The van der Waals surface area contributed by atoms with Crippen molar-refractivity contribution in [2.24, 2.45) is 0 Å². The number of para-hydroxylation sites is 1. The number of nitrogens with one attached hydrogen (secondary N) is 1. The van der Waals surface area contributed by atoms with Crippen LogP contribution in [0.3, 0.4) is 0 Å². The molecule has 5 nitrogen and oxygen atoms in total. The molecule has 33 heavy (non-hydrogen) atoms. The Hall–Kier alpha value is -3.16. The van der Waals surface area contributed by atoms with Gasteiger partial charge >= 0.3 is 35.6 Å². The average Bonchev–Trinajstić information content (AvgIpc) is 3.13. The molecule has 178 valence electrons. The number of furan rings is 1. The van der Waals surface area contributed by atoms with Gasteiger partial charge in [0.2, 0.25) is 0 Å². The Kier molecular flexibility index (Phi) is 4.66. The number of fused-ring (bicyclic) bond motifs is 3. The van der Waals surface area contributed by atoms with E-state index in [1.54, 1.807) is 24.3 Å². The van der Waals surface area contributed by atoms with Gasteiger partial charge in [0.25, 0.3) is 0 Å². The molecule has 2 aromatic carbocycles. The van der Waals surface area contributed by atoms with Crippen molar-refractivity contribution < 1.29 is 58.2 Å². The maximum absolute atomic E-state index is 14.4. The van der Waals surface area contributed by atoms with Crippen molar-refractivity contribution in [3.05, 3.63) is 36.4 Å². The number of anilines is 1. The summed E-state index contributed by atoms with van der Waals surface area (Å²) in [7, 11) is 1.03. The fourth-order valence-corrected chi connectivity index (χ4v) is 3.32. The minimum Gasteiger partial charge on any atom is -0.495 e. The van der Waals surface area contributed by atoms with E-state index in [1.165, 1.54) is 11.4 Å². The first-order chi connectivity index (χ1) is 15.1. The summed E-state index contributed by atoms with van der Waals surface area (Å²) in [5, 5.41) is 2.23. The highest BCUT2D eigenvalue weighted by molar-refractivity contribution is 6.08. The average molecular weight is 487 g/mol. The number of alkyl halides is 9. The normalized spacial score (nSPS) is 23.7. The summed E-state index contributed by atoms with van der Waals surface area (Å²) in [6.45, 7) is 0. The molecular formula is C19H10F9NO4. The predicted molar refractivity (Wildman–Crippen MR) is 93.6 cm³/mol. The highest BCUT2D eigenvalue weighted by Gasteiger charge is 2.96. The van der Waals surface area contributed by atoms with Crippen molar-refractivity contribution >= 4 is 33.5 Å². The van der Waals surface area contributed by atoms with E-state index in [2.05, 4.69) is 4.74 Å². The monoisotopic (exact) mass is 487 g/mol. The van der Waals surface area contributed by atoms with Crippen molar-refractivity contribution in [2.75, 3.05) is 12.4 Å². The Morgan fingerprint density at radius 2 is 1.58 bits per heavy atom. The first kappa shape index (κ1) is 23.0. The van der Waals surface area contributed by atoms with Crippen molar-refractivity contribution in [1.82, 2.24) is 0 Å². The molecule has 0 bridgehead atoms. The molecule has 0 spiro atoms. The van der Waals surface area contributed by atoms with Crippen molar-refractivity contribution in [3.8, 4) is 5.75 Å².